The quantitative estimate of drug-likeness (QED) is 0.765. The van der Waals surface area contributed by atoms with Gasteiger partial charge in [0, 0.05) is 18.8 Å². The minimum Gasteiger partial charge on any atom is -0.395 e. The second kappa shape index (κ2) is 7.30. The number of aliphatic hydroxyl groups is 2. The van der Waals surface area contributed by atoms with Gasteiger partial charge in [0.1, 0.15) is 0 Å². The zero-order valence-corrected chi connectivity index (χ0v) is 10.8. The molecule has 0 aliphatic carbocycles. The molecule has 0 heterocycles. The van der Waals surface area contributed by atoms with Crippen molar-refractivity contribution in [2.45, 2.75) is 32.8 Å². The average Bonchev–Trinajstić information content (AvgIpc) is 2.34. The van der Waals surface area contributed by atoms with E-state index in [9.17, 15) is 5.11 Å². The molecular weight excluding hydrogens is 214 g/mol. The van der Waals surface area contributed by atoms with Crippen molar-refractivity contribution in [3.63, 3.8) is 0 Å². The Morgan fingerprint density at radius 3 is 2.29 bits per heavy atom. The van der Waals surface area contributed by atoms with Crippen LogP contribution in [0.1, 0.15) is 38.4 Å². The Kier molecular flexibility index (Phi) is 6.01. The highest BCUT2D eigenvalue weighted by molar-refractivity contribution is 5.47. The lowest BCUT2D eigenvalue weighted by molar-refractivity contribution is 0.199. The molecule has 96 valence electrons. The summed E-state index contributed by atoms with van der Waals surface area (Å²) >= 11 is 0. The standard InChI is InChI=1S/C14H23NO2/c1-3-4-9-15(10-11-16)14-7-5-13(6-8-14)12(2)17/h5-8,12,16-17H,3-4,9-11H2,1-2H3/t12-/m1/s1. The number of hydrogen-bond acceptors (Lipinski definition) is 3. The van der Waals surface area contributed by atoms with Crippen LogP contribution in [0.25, 0.3) is 0 Å². The lowest BCUT2D eigenvalue weighted by Crippen LogP contribution is -2.27. The van der Waals surface area contributed by atoms with Crippen molar-refractivity contribution in [3.05, 3.63) is 29.8 Å². The van der Waals surface area contributed by atoms with Crippen molar-refractivity contribution < 1.29 is 10.2 Å². The van der Waals surface area contributed by atoms with Crippen LogP contribution in [-0.2, 0) is 0 Å². The molecule has 3 nitrogen and oxygen atoms in total. The number of nitrogens with zero attached hydrogens (tertiary/aromatic N) is 1. The van der Waals surface area contributed by atoms with Gasteiger partial charge in [-0.05, 0) is 31.0 Å². The summed E-state index contributed by atoms with van der Waals surface area (Å²) in [6, 6.07) is 7.90. The molecule has 0 saturated heterocycles. The summed E-state index contributed by atoms with van der Waals surface area (Å²) in [6.07, 6.45) is 1.84. The first-order chi connectivity index (χ1) is 8.19. The normalized spacial score (nSPS) is 12.5. The minimum atomic E-state index is -0.425. The van der Waals surface area contributed by atoms with E-state index in [-0.39, 0.29) is 6.61 Å². The maximum absolute atomic E-state index is 9.44. The lowest BCUT2D eigenvalue weighted by Gasteiger charge is -2.24. The molecule has 0 aromatic heterocycles. The maximum Gasteiger partial charge on any atom is 0.0761 e. The van der Waals surface area contributed by atoms with E-state index in [4.69, 9.17) is 5.11 Å². The molecule has 0 aliphatic rings. The molecule has 1 rings (SSSR count). The molecule has 1 aromatic carbocycles. The van der Waals surface area contributed by atoms with Crippen molar-refractivity contribution in [1.82, 2.24) is 0 Å². The van der Waals surface area contributed by atoms with Gasteiger partial charge in [-0.3, -0.25) is 0 Å². The Bertz CT molecular complexity index is 309. The van der Waals surface area contributed by atoms with E-state index in [1.165, 1.54) is 0 Å². The van der Waals surface area contributed by atoms with Crippen LogP contribution in [0, 0.1) is 0 Å². The fourth-order valence-electron chi connectivity index (χ4n) is 1.80. The van der Waals surface area contributed by atoms with Gasteiger partial charge in [0.2, 0.25) is 0 Å². The van der Waals surface area contributed by atoms with Crippen LogP contribution in [0.3, 0.4) is 0 Å². The van der Waals surface area contributed by atoms with Gasteiger partial charge >= 0.3 is 0 Å². The zero-order chi connectivity index (χ0) is 12.7. The number of hydrogen-bond donors (Lipinski definition) is 2. The molecule has 0 amide bonds. The van der Waals surface area contributed by atoms with E-state index < -0.39 is 6.10 Å². The average molecular weight is 237 g/mol. The van der Waals surface area contributed by atoms with Gasteiger partial charge in [0.25, 0.3) is 0 Å². The van der Waals surface area contributed by atoms with Crippen LogP contribution in [0.2, 0.25) is 0 Å². The molecule has 0 unspecified atom stereocenters. The Balaban J connectivity index is 2.72. The summed E-state index contributed by atoms with van der Waals surface area (Å²) in [5.74, 6) is 0. The summed E-state index contributed by atoms with van der Waals surface area (Å²) in [5, 5.41) is 18.5. The number of rotatable bonds is 7. The Morgan fingerprint density at radius 1 is 1.18 bits per heavy atom. The second-order valence-corrected chi connectivity index (χ2v) is 4.33. The molecular formula is C14H23NO2. The SMILES string of the molecule is CCCCN(CCO)c1ccc([C@@H](C)O)cc1. The van der Waals surface area contributed by atoms with Gasteiger partial charge in [-0.2, -0.15) is 0 Å². The molecule has 0 radical (unpaired) electrons. The monoisotopic (exact) mass is 237 g/mol. The lowest BCUT2D eigenvalue weighted by atomic mass is 10.1. The van der Waals surface area contributed by atoms with Gasteiger partial charge in [-0.25, -0.2) is 0 Å². The van der Waals surface area contributed by atoms with Crippen molar-refractivity contribution in [2.24, 2.45) is 0 Å². The Hall–Kier alpha value is -1.06. The molecule has 0 bridgehead atoms. The number of anilines is 1. The van der Waals surface area contributed by atoms with Crippen molar-refractivity contribution in [1.29, 1.82) is 0 Å². The predicted molar refractivity (Wildman–Crippen MR) is 71.3 cm³/mol. The van der Waals surface area contributed by atoms with Gasteiger partial charge in [-0.15, -0.1) is 0 Å². The van der Waals surface area contributed by atoms with Crippen LogP contribution >= 0.6 is 0 Å². The predicted octanol–water partition coefficient (Wildman–Crippen LogP) is 2.34. The molecule has 2 N–H and O–H groups in total. The van der Waals surface area contributed by atoms with Crippen LogP contribution in [0.4, 0.5) is 5.69 Å². The van der Waals surface area contributed by atoms with Gasteiger partial charge in [0.05, 0.1) is 12.7 Å². The van der Waals surface area contributed by atoms with Gasteiger partial charge in [-0.1, -0.05) is 25.5 Å². The molecule has 17 heavy (non-hydrogen) atoms. The summed E-state index contributed by atoms with van der Waals surface area (Å²) in [5.41, 5.74) is 2.03. The zero-order valence-electron chi connectivity index (χ0n) is 10.8. The molecule has 0 saturated carbocycles. The number of unbranched alkanes of at least 4 members (excludes halogenated alkanes) is 1. The minimum absolute atomic E-state index is 0.169. The van der Waals surface area contributed by atoms with Crippen molar-refractivity contribution in [2.75, 3.05) is 24.6 Å². The first-order valence-corrected chi connectivity index (χ1v) is 6.32. The Labute approximate surface area is 104 Å². The maximum atomic E-state index is 9.44. The molecule has 1 atom stereocenters. The van der Waals surface area contributed by atoms with Crippen molar-refractivity contribution >= 4 is 5.69 Å². The van der Waals surface area contributed by atoms with E-state index >= 15 is 0 Å². The molecule has 3 heteroatoms. The van der Waals surface area contributed by atoms with Crippen LogP contribution in [0.15, 0.2) is 24.3 Å². The fraction of sp³-hybridized carbons (Fsp3) is 0.571. The number of aliphatic hydroxyl groups excluding tert-OH is 2. The fourth-order valence-corrected chi connectivity index (χ4v) is 1.80. The first kappa shape index (κ1) is 14.0. The van der Waals surface area contributed by atoms with Crippen LogP contribution in [0.5, 0.6) is 0 Å². The highest BCUT2D eigenvalue weighted by Gasteiger charge is 2.06. The Morgan fingerprint density at radius 2 is 1.82 bits per heavy atom. The van der Waals surface area contributed by atoms with Gasteiger partial charge in [0.15, 0.2) is 0 Å². The molecule has 0 fully saturated rings. The summed E-state index contributed by atoms with van der Waals surface area (Å²) < 4.78 is 0. The highest BCUT2D eigenvalue weighted by atomic mass is 16.3. The first-order valence-electron chi connectivity index (χ1n) is 6.32. The topological polar surface area (TPSA) is 43.7 Å². The van der Waals surface area contributed by atoms with Crippen molar-refractivity contribution in [3.8, 4) is 0 Å². The van der Waals surface area contributed by atoms with Crippen LogP contribution in [-0.4, -0.2) is 29.9 Å². The third-order valence-electron chi connectivity index (χ3n) is 2.89. The van der Waals surface area contributed by atoms with E-state index in [1.54, 1.807) is 6.92 Å². The third-order valence-corrected chi connectivity index (χ3v) is 2.89. The smallest absolute Gasteiger partial charge is 0.0761 e. The van der Waals surface area contributed by atoms with E-state index in [2.05, 4.69) is 11.8 Å². The van der Waals surface area contributed by atoms with E-state index in [0.717, 1.165) is 30.6 Å². The second-order valence-electron chi connectivity index (χ2n) is 4.33. The van der Waals surface area contributed by atoms with Gasteiger partial charge < -0.3 is 15.1 Å². The molecule has 0 spiro atoms. The molecule has 0 aliphatic heterocycles. The summed E-state index contributed by atoms with van der Waals surface area (Å²) in [7, 11) is 0. The van der Waals surface area contributed by atoms with E-state index in [1.807, 2.05) is 24.3 Å². The van der Waals surface area contributed by atoms with E-state index in [0.29, 0.717) is 6.54 Å². The largest absolute Gasteiger partial charge is 0.395 e. The third kappa shape index (κ3) is 4.36. The molecule has 1 aromatic rings. The summed E-state index contributed by atoms with van der Waals surface area (Å²) in [6.45, 7) is 5.71. The summed E-state index contributed by atoms with van der Waals surface area (Å²) in [4.78, 5) is 2.18. The number of benzene rings is 1. The highest BCUT2D eigenvalue weighted by Crippen LogP contribution is 2.19. The van der Waals surface area contributed by atoms with Crippen LogP contribution < -0.4 is 4.90 Å².